The summed E-state index contributed by atoms with van der Waals surface area (Å²) in [5.74, 6) is 2.52. The van der Waals surface area contributed by atoms with Crippen LogP contribution in [-0.2, 0) is 11.3 Å². The predicted molar refractivity (Wildman–Crippen MR) is 103 cm³/mol. The Morgan fingerprint density at radius 1 is 1.31 bits per heavy atom. The minimum atomic E-state index is 0.332. The Hall–Kier alpha value is -1.95. The summed E-state index contributed by atoms with van der Waals surface area (Å²) in [4.78, 5) is 7.24. The van der Waals surface area contributed by atoms with Crippen LogP contribution in [0.15, 0.2) is 23.2 Å². The highest BCUT2D eigenvalue weighted by molar-refractivity contribution is 5.80. The van der Waals surface area contributed by atoms with Gasteiger partial charge in [0.15, 0.2) is 17.5 Å². The first-order valence-electron chi connectivity index (χ1n) is 9.60. The zero-order chi connectivity index (χ0) is 18.4. The lowest BCUT2D eigenvalue weighted by Crippen LogP contribution is -2.41. The molecular formula is C20H31N3O3. The summed E-state index contributed by atoms with van der Waals surface area (Å²) >= 11 is 0. The molecule has 2 aliphatic rings. The number of nitrogens with one attached hydrogen (secondary N) is 1. The molecule has 0 aliphatic carbocycles. The van der Waals surface area contributed by atoms with E-state index in [-0.39, 0.29) is 0 Å². The van der Waals surface area contributed by atoms with Gasteiger partial charge in [-0.3, -0.25) is 0 Å². The summed E-state index contributed by atoms with van der Waals surface area (Å²) in [6, 6.07) is 6.02. The lowest BCUT2D eigenvalue weighted by Gasteiger charge is -2.25. The summed E-state index contributed by atoms with van der Waals surface area (Å²) in [5.41, 5.74) is 1.44. The van der Waals surface area contributed by atoms with Crippen molar-refractivity contribution in [2.24, 2.45) is 10.4 Å². The Morgan fingerprint density at radius 2 is 2.19 bits per heavy atom. The van der Waals surface area contributed by atoms with Gasteiger partial charge in [-0.05, 0) is 44.4 Å². The van der Waals surface area contributed by atoms with Gasteiger partial charge in [-0.25, -0.2) is 4.99 Å². The average molecular weight is 361 g/mol. The fraction of sp³-hybridized carbons (Fsp3) is 0.650. The minimum absolute atomic E-state index is 0.332. The van der Waals surface area contributed by atoms with E-state index in [1.807, 2.05) is 19.1 Å². The number of benzene rings is 1. The van der Waals surface area contributed by atoms with E-state index in [1.165, 1.54) is 12.8 Å². The third-order valence-corrected chi connectivity index (χ3v) is 5.20. The van der Waals surface area contributed by atoms with Crippen LogP contribution < -0.4 is 14.8 Å². The van der Waals surface area contributed by atoms with Gasteiger partial charge in [0.25, 0.3) is 0 Å². The predicted octanol–water partition coefficient (Wildman–Crippen LogP) is 2.67. The van der Waals surface area contributed by atoms with Crippen molar-refractivity contribution in [3.8, 4) is 11.5 Å². The van der Waals surface area contributed by atoms with E-state index >= 15 is 0 Å². The number of guanidine groups is 1. The molecule has 1 aromatic carbocycles. The van der Waals surface area contributed by atoms with Gasteiger partial charge in [0, 0.05) is 31.7 Å². The number of nitrogens with zero attached hydrogens (tertiary/aromatic N) is 2. The molecule has 1 N–H and O–H groups in total. The summed E-state index contributed by atoms with van der Waals surface area (Å²) in [6.45, 7) is 10.0. The highest BCUT2D eigenvalue weighted by Gasteiger charge is 2.42. The second-order valence-electron chi connectivity index (χ2n) is 7.06. The molecule has 144 valence electrons. The van der Waals surface area contributed by atoms with Crippen molar-refractivity contribution in [1.29, 1.82) is 0 Å². The zero-order valence-electron chi connectivity index (χ0n) is 16.2. The number of rotatable bonds is 6. The fourth-order valence-electron chi connectivity index (χ4n) is 3.76. The standard InChI is InChI=1S/C20H31N3O3/c1-4-21-19(23-10-8-20(14-23)9-11-25-15-20)22-13-16-6-7-17(26-5-2)18(12-16)24-3/h6-7,12H,4-5,8-11,13-15H2,1-3H3,(H,21,22). The molecule has 2 heterocycles. The molecule has 1 spiro atoms. The van der Waals surface area contributed by atoms with Gasteiger partial charge in [-0.1, -0.05) is 6.07 Å². The van der Waals surface area contributed by atoms with Crippen LogP contribution in [0.1, 0.15) is 32.3 Å². The molecule has 1 aromatic rings. The molecular weight excluding hydrogens is 330 g/mol. The highest BCUT2D eigenvalue weighted by atomic mass is 16.5. The van der Waals surface area contributed by atoms with Crippen LogP contribution in [0.2, 0.25) is 0 Å². The lowest BCUT2D eigenvalue weighted by molar-refractivity contribution is 0.156. The summed E-state index contributed by atoms with van der Waals surface area (Å²) in [5, 5.41) is 3.44. The second-order valence-corrected chi connectivity index (χ2v) is 7.06. The van der Waals surface area contributed by atoms with Gasteiger partial charge in [0.1, 0.15) is 0 Å². The number of ether oxygens (including phenoxy) is 3. The molecule has 2 fully saturated rings. The number of aliphatic imine (C=N–C) groups is 1. The largest absolute Gasteiger partial charge is 0.493 e. The summed E-state index contributed by atoms with van der Waals surface area (Å²) in [6.07, 6.45) is 2.35. The smallest absolute Gasteiger partial charge is 0.194 e. The summed E-state index contributed by atoms with van der Waals surface area (Å²) in [7, 11) is 1.67. The minimum Gasteiger partial charge on any atom is -0.493 e. The van der Waals surface area contributed by atoms with Crippen molar-refractivity contribution in [1.82, 2.24) is 10.2 Å². The lowest BCUT2D eigenvalue weighted by atomic mass is 9.87. The number of methoxy groups -OCH3 is 1. The van der Waals surface area contributed by atoms with E-state index < -0.39 is 0 Å². The fourth-order valence-corrected chi connectivity index (χ4v) is 3.76. The molecule has 2 saturated heterocycles. The molecule has 1 unspecified atom stereocenters. The van der Waals surface area contributed by atoms with Crippen molar-refractivity contribution in [2.45, 2.75) is 33.2 Å². The van der Waals surface area contributed by atoms with E-state index in [2.05, 4.69) is 23.2 Å². The molecule has 6 heteroatoms. The molecule has 0 radical (unpaired) electrons. The quantitative estimate of drug-likeness (QED) is 0.624. The first kappa shape index (κ1) is 18.8. The molecule has 1 atom stereocenters. The van der Waals surface area contributed by atoms with Gasteiger partial charge in [-0.2, -0.15) is 0 Å². The van der Waals surface area contributed by atoms with Gasteiger partial charge in [0.05, 0.1) is 26.9 Å². The maximum absolute atomic E-state index is 5.64. The third kappa shape index (κ3) is 4.23. The molecule has 2 aliphatic heterocycles. The van der Waals surface area contributed by atoms with E-state index in [0.29, 0.717) is 18.6 Å². The monoisotopic (exact) mass is 361 g/mol. The Labute approximate surface area is 156 Å². The average Bonchev–Trinajstić information content (AvgIpc) is 3.30. The van der Waals surface area contributed by atoms with Crippen molar-refractivity contribution in [3.05, 3.63) is 23.8 Å². The number of likely N-dealkylation sites (tertiary alicyclic amines) is 1. The van der Waals surface area contributed by atoms with Crippen LogP contribution in [0.3, 0.4) is 0 Å². The highest BCUT2D eigenvalue weighted by Crippen LogP contribution is 2.38. The SMILES string of the molecule is CCNC(=NCc1ccc(OCC)c(OC)c1)N1CCC2(CCOC2)C1. The molecule has 3 rings (SSSR count). The Morgan fingerprint density at radius 3 is 2.88 bits per heavy atom. The molecule has 0 aromatic heterocycles. The van der Waals surface area contributed by atoms with Crippen LogP contribution in [0.4, 0.5) is 0 Å². The van der Waals surface area contributed by atoms with Crippen LogP contribution in [0.5, 0.6) is 11.5 Å². The molecule has 26 heavy (non-hydrogen) atoms. The van der Waals surface area contributed by atoms with Crippen molar-refractivity contribution in [2.75, 3.05) is 46.6 Å². The molecule has 0 saturated carbocycles. The first-order valence-corrected chi connectivity index (χ1v) is 9.60. The molecule has 6 nitrogen and oxygen atoms in total. The van der Waals surface area contributed by atoms with E-state index in [9.17, 15) is 0 Å². The Kier molecular flexibility index (Phi) is 6.25. The van der Waals surface area contributed by atoms with E-state index in [4.69, 9.17) is 19.2 Å². The van der Waals surface area contributed by atoms with Crippen molar-refractivity contribution >= 4 is 5.96 Å². The van der Waals surface area contributed by atoms with Crippen LogP contribution >= 0.6 is 0 Å². The van der Waals surface area contributed by atoms with Gasteiger partial charge in [0.2, 0.25) is 0 Å². The summed E-state index contributed by atoms with van der Waals surface area (Å²) < 4.78 is 16.7. The Bertz CT molecular complexity index is 627. The topological polar surface area (TPSA) is 55.3 Å². The van der Waals surface area contributed by atoms with Crippen LogP contribution in [0.25, 0.3) is 0 Å². The van der Waals surface area contributed by atoms with Gasteiger partial charge >= 0.3 is 0 Å². The Balaban J connectivity index is 1.69. The zero-order valence-corrected chi connectivity index (χ0v) is 16.2. The second kappa shape index (κ2) is 8.62. The van der Waals surface area contributed by atoms with Gasteiger partial charge < -0.3 is 24.4 Å². The maximum Gasteiger partial charge on any atom is 0.194 e. The number of hydrogen-bond donors (Lipinski definition) is 1. The normalized spacial score (nSPS) is 22.9. The first-order chi connectivity index (χ1) is 12.7. The van der Waals surface area contributed by atoms with E-state index in [0.717, 1.165) is 55.9 Å². The molecule has 0 bridgehead atoms. The maximum atomic E-state index is 5.64. The van der Waals surface area contributed by atoms with Gasteiger partial charge in [-0.15, -0.1) is 0 Å². The number of hydrogen-bond acceptors (Lipinski definition) is 4. The van der Waals surface area contributed by atoms with E-state index in [1.54, 1.807) is 7.11 Å². The molecule has 0 amide bonds. The van der Waals surface area contributed by atoms with Crippen molar-refractivity contribution in [3.63, 3.8) is 0 Å². The van der Waals surface area contributed by atoms with Crippen LogP contribution in [0, 0.1) is 5.41 Å². The third-order valence-electron chi connectivity index (χ3n) is 5.20. The van der Waals surface area contributed by atoms with Crippen molar-refractivity contribution < 1.29 is 14.2 Å². The van der Waals surface area contributed by atoms with Crippen LogP contribution in [-0.4, -0.2) is 57.4 Å².